The van der Waals surface area contributed by atoms with E-state index in [0.717, 1.165) is 6.42 Å². The normalized spacial score (nSPS) is 21.0. The van der Waals surface area contributed by atoms with Crippen LogP contribution in [-0.4, -0.2) is 83.6 Å². The maximum absolute atomic E-state index is 13.3. The first-order valence-corrected chi connectivity index (χ1v) is 14.4. The summed E-state index contributed by atoms with van der Waals surface area (Å²) in [5.74, 6) is -0.494. The SMILES string of the molecule is CC1CCN(S(=O)(=O)c2cccc(C(=O)N3CCC4(CC3)CN=C(NC(=O)c3nc(Cl)c(N)nc3N)N4)c2)C1. The Morgan fingerprint density at radius 1 is 1.15 bits per heavy atom. The molecular formula is C24H30ClN9O4S. The van der Waals surface area contributed by atoms with Gasteiger partial charge in [0.05, 0.1) is 17.0 Å². The molecule has 3 aliphatic rings. The number of aliphatic imine (C=N–C) groups is 1. The van der Waals surface area contributed by atoms with Crippen LogP contribution in [0, 0.1) is 5.92 Å². The summed E-state index contributed by atoms with van der Waals surface area (Å²) < 4.78 is 27.6. The molecule has 39 heavy (non-hydrogen) atoms. The molecule has 2 fully saturated rings. The molecular weight excluding hydrogens is 546 g/mol. The first-order valence-electron chi connectivity index (χ1n) is 12.6. The van der Waals surface area contributed by atoms with E-state index < -0.39 is 21.5 Å². The summed E-state index contributed by atoms with van der Waals surface area (Å²) in [4.78, 5) is 39.9. The van der Waals surface area contributed by atoms with Crippen molar-refractivity contribution in [1.29, 1.82) is 0 Å². The Morgan fingerprint density at radius 2 is 1.90 bits per heavy atom. The second-order valence-corrected chi connectivity index (χ2v) is 12.5. The van der Waals surface area contributed by atoms with Crippen molar-refractivity contribution >= 4 is 51.0 Å². The van der Waals surface area contributed by atoms with Gasteiger partial charge in [0.2, 0.25) is 10.0 Å². The van der Waals surface area contributed by atoms with Gasteiger partial charge in [0.1, 0.15) is 0 Å². The standard InChI is InChI=1S/C24H30ClN9O4S/c1-14-5-8-34(12-14)39(37,38)16-4-2-3-15(11-16)22(36)33-9-6-24(7-10-33)13-28-23(32-24)31-21(35)17-19(26)30-20(27)18(25)29-17/h2-4,11,14H,5-10,12-13H2,1H3,(H4,26,27,30)(H2,28,31,32,35). The molecule has 1 aromatic carbocycles. The number of hydrogen-bond donors (Lipinski definition) is 4. The molecule has 1 atom stereocenters. The van der Waals surface area contributed by atoms with E-state index in [9.17, 15) is 18.0 Å². The molecule has 5 rings (SSSR count). The lowest BCUT2D eigenvalue weighted by atomic mass is 9.88. The fourth-order valence-electron chi connectivity index (χ4n) is 5.06. The third kappa shape index (κ3) is 5.36. The summed E-state index contributed by atoms with van der Waals surface area (Å²) in [7, 11) is -3.65. The van der Waals surface area contributed by atoms with Gasteiger partial charge in [-0.1, -0.05) is 24.6 Å². The van der Waals surface area contributed by atoms with Crippen molar-refractivity contribution in [2.75, 3.05) is 44.2 Å². The molecule has 4 heterocycles. The van der Waals surface area contributed by atoms with Crippen LogP contribution >= 0.6 is 11.6 Å². The zero-order valence-electron chi connectivity index (χ0n) is 21.4. The number of aromatic nitrogens is 2. The van der Waals surface area contributed by atoms with Gasteiger partial charge in [-0.2, -0.15) is 4.31 Å². The van der Waals surface area contributed by atoms with Crippen molar-refractivity contribution in [1.82, 2.24) is 29.8 Å². The number of amides is 2. The van der Waals surface area contributed by atoms with Crippen LogP contribution in [0.4, 0.5) is 11.6 Å². The molecule has 0 bridgehead atoms. The number of piperidine rings is 1. The number of hydrogen-bond acceptors (Lipinski definition) is 10. The van der Waals surface area contributed by atoms with Crippen LogP contribution in [0.1, 0.15) is 47.0 Å². The summed E-state index contributed by atoms with van der Waals surface area (Å²) in [6.07, 6.45) is 2.00. The molecule has 0 saturated carbocycles. The lowest BCUT2D eigenvalue weighted by molar-refractivity contribution is 0.0668. The Bertz CT molecular complexity index is 1460. The van der Waals surface area contributed by atoms with Crippen molar-refractivity contribution in [2.24, 2.45) is 10.9 Å². The Morgan fingerprint density at radius 3 is 2.59 bits per heavy atom. The minimum Gasteiger partial charge on any atom is -0.382 e. The van der Waals surface area contributed by atoms with Crippen molar-refractivity contribution in [2.45, 2.75) is 36.6 Å². The number of benzene rings is 1. The number of likely N-dealkylation sites (tertiary alicyclic amines) is 1. The van der Waals surface area contributed by atoms with E-state index in [2.05, 4.69) is 25.6 Å². The van der Waals surface area contributed by atoms with Gasteiger partial charge in [-0.15, -0.1) is 0 Å². The van der Waals surface area contributed by atoms with E-state index in [1.807, 2.05) is 6.92 Å². The lowest BCUT2D eigenvalue weighted by Gasteiger charge is -2.39. The third-order valence-electron chi connectivity index (χ3n) is 7.39. The van der Waals surface area contributed by atoms with E-state index in [1.165, 1.54) is 16.4 Å². The van der Waals surface area contributed by atoms with E-state index in [4.69, 9.17) is 23.1 Å². The molecule has 2 aromatic rings. The molecule has 1 spiro atoms. The number of rotatable bonds is 4. The molecule has 1 unspecified atom stereocenters. The molecule has 3 aliphatic heterocycles. The van der Waals surface area contributed by atoms with Crippen molar-refractivity contribution in [3.63, 3.8) is 0 Å². The topological polar surface area (TPSA) is 189 Å². The first kappa shape index (κ1) is 27.1. The monoisotopic (exact) mass is 575 g/mol. The number of nitrogens with zero attached hydrogens (tertiary/aromatic N) is 5. The van der Waals surface area contributed by atoms with Gasteiger partial charge in [0.15, 0.2) is 28.4 Å². The fraction of sp³-hybridized carbons (Fsp3) is 0.458. The van der Waals surface area contributed by atoms with Gasteiger partial charge in [0, 0.05) is 31.7 Å². The number of anilines is 2. The number of sulfonamides is 1. The van der Waals surface area contributed by atoms with Gasteiger partial charge < -0.3 is 21.7 Å². The Kier molecular flexibility index (Phi) is 7.11. The molecule has 13 nitrogen and oxygen atoms in total. The molecule has 15 heteroatoms. The quantitative estimate of drug-likeness (QED) is 0.406. The summed E-state index contributed by atoms with van der Waals surface area (Å²) in [5.41, 5.74) is 11.1. The number of halogens is 1. The summed E-state index contributed by atoms with van der Waals surface area (Å²) in [6, 6.07) is 6.25. The lowest BCUT2D eigenvalue weighted by Crippen LogP contribution is -2.57. The van der Waals surface area contributed by atoms with Gasteiger partial charge in [-0.3, -0.25) is 19.9 Å². The molecule has 0 radical (unpaired) electrons. The highest BCUT2D eigenvalue weighted by Gasteiger charge is 2.40. The number of nitrogens with two attached hydrogens (primary N) is 2. The zero-order chi connectivity index (χ0) is 27.9. The highest BCUT2D eigenvalue weighted by Crippen LogP contribution is 2.28. The maximum atomic E-state index is 13.3. The van der Waals surface area contributed by atoms with Crippen LogP contribution in [0.2, 0.25) is 5.15 Å². The molecule has 208 valence electrons. The van der Waals surface area contributed by atoms with Gasteiger partial charge in [-0.05, 0) is 43.4 Å². The van der Waals surface area contributed by atoms with Crippen LogP contribution in [0.5, 0.6) is 0 Å². The van der Waals surface area contributed by atoms with E-state index in [0.29, 0.717) is 57.0 Å². The minimum atomic E-state index is -3.65. The second-order valence-electron chi connectivity index (χ2n) is 10.2. The predicted molar refractivity (Wildman–Crippen MR) is 146 cm³/mol. The summed E-state index contributed by atoms with van der Waals surface area (Å²) in [6.45, 7) is 4.30. The summed E-state index contributed by atoms with van der Waals surface area (Å²) in [5, 5.41) is 5.77. The first-order chi connectivity index (χ1) is 18.5. The van der Waals surface area contributed by atoms with Gasteiger partial charge in [0.25, 0.3) is 11.8 Å². The molecule has 2 amide bonds. The smallest absolute Gasteiger partial charge is 0.280 e. The average molecular weight is 576 g/mol. The minimum absolute atomic E-state index is 0.0723. The van der Waals surface area contributed by atoms with Gasteiger partial charge in [-0.25, -0.2) is 18.4 Å². The van der Waals surface area contributed by atoms with Crippen molar-refractivity contribution < 1.29 is 18.0 Å². The van der Waals surface area contributed by atoms with Gasteiger partial charge >= 0.3 is 0 Å². The number of guanidine groups is 1. The van der Waals surface area contributed by atoms with E-state index in [-0.39, 0.29) is 39.2 Å². The highest BCUT2D eigenvalue weighted by molar-refractivity contribution is 7.89. The second kappa shape index (κ2) is 10.2. The van der Waals surface area contributed by atoms with Crippen molar-refractivity contribution in [3.05, 3.63) is 40.7 Å². The number of carbonyl (C=O) groups is 2. The number of carbonyl (C=O) groups excluding carboxylic acids is 2. The zero-order valence-corrected chi connectivity index (χ0v) is 22.9. The van der Waals surface area contributed by atoms with Crippen LogP contribution in [0.15, 0.2) is 34.2 Å². The fourth-order valence-corrected chi connectivity index (χ4v) is 6.81. The third-order valence-corrected chi connectivity index (χ3v) is 9.53. The van der Waals surface area contributed by atoms with Crippen molar-refractivity contribution in [3.8, 4) is 0 Å². The molecule has 2 saturated heterocycles. The van der Waals surface area contributed by atoms with E-state index in [1.54, 1.807) is 17.0 Å². The Labute approximate surface area is 231 Å². The number of nitrogens with one attached hydrogen (secondary N) is 2. The molecule has 1 aromatic heterocycles. The van der Waals surface area contributed by atoms with Crippen LogP contribution < -0.4 is 22.1 Å². The molecule has 6 N–H and O–H groups in total. The highest BCUT2D eigenvalue weighted by atomic mass is 35.5. The number of nitrogen functional groups attached to an aromatic ring is 2. The average Bonchev–Trinajstić information content (AvgIpc) is 3.53. The molecule has 0 aliphatic carbocycles. The Hall–Kier alpha value is -3.49. The van der Waals surface area contributed by atoms with Crippen LogP contribution in [0.3, 0.4) is 0 Å². The van der Waals surface area contributed by atoms with Crippen LogP contribution in [-0.2, 0) is 10.0 Å². The van der Waals surface area contributed by atoms with Crippen LogP contribution in [0.25, 0.3) is 0 Å². The predicted octanol–water partition coefficient (Wildman–Crippen LogP) is 0.689. The maximum Gasteiger partial charge on any atom is 0.280 e. The van der Waals surface area contributed by atoms with E-state index >= 15 is 0 Å². The Balaban J connectivity index is 1.19. The summed E-state index contributed by atoms with van der Waals surface area (Å²) >= 11 is 5.87. The largest absolute Gasteiger partial charge is 0.382 e.